The Morgan fingerprint density at radius 3 is 2.63 bits per heavy atom. The molecule has 0 heterocycles. The van der Waals surface area contributed by atoms with Gasteiger partial charge >= 0.3 is 0 Å². The average Bonchev–Trinajstić information content (AvgIpc) is 2.37. The van der Waals surface area contributed by atoms with E-state index in [4.69, 9.17) is 4.74 Å². The molecule has 0 spiro atoms. The van der Waals surface area contributed by atoms with Gasteiger partial charge in [-0.1, -0.05) is 13.3 Å². The van der Waals surface area contributed by atoms with Crippen LogP contribution in [0.4, 0.5) is 11.4 Å². The molecule has 1 aromatic carbocycles. The number of non-ortho nitro benzene ring substituents is 1. The Bertz CT molecular complexity index is 464. The van der Waals surface area contributed by atoms with Crippen LogP contribution in [0.1, 0.15) is 32.6 Å². The molecular weight excluding hydrogens is 244 g/mol. The zero-order valence-corrected chi connectivity index (χ0v) is 11.4. The van der Waals surface area contributed by atoms with Gasteiger partial charge in [0.15, 0.2) is 0 Å². The molecule has 0 aromatic heterocycles. The van der Waals surface area contributed by atoms with Crippen LogP contribution in [-0.2, 0) is 0 Å². The second-order valence-electron chi connectivity index (χ2n) is 5.24. The van der Waals surface area contributed by atoms with Gasteiger partial charge in [-0.05, 0) is 24.7 Å². The summed E-state index contributed by atoms with van der Waals surface area (Å²) in [6.07, 6.45) is 4.91. The molecule has 1 fully saturated rings. The number of nitrogens with zero attached hydrogens (tertiary/aromatic N) is 1. The summed E-state index contributed by atoms with van der Waals surface area (Å²) >= 11 is 0. The number of anilines is 1. The Morgan fingerprint density at radius 2 is 2.16 bits per heavy atom. The van der Waals surface area contributed by atoms with Crippen LogP contribution in [0.5, 0.6) is 5.75 Å². The Balaban J connectivity index is 2.11. The summed E-state index contributed by atoms with van der Waals surface area (Å²) < 4.78 is 5.10. The maximum atomic E-state index is 10.9. The van der Waals surface area contributed by atoms with Gasteiger partial charge in [0.2, 0.25) is 0 Å². The Labute approximate surface area is 113 Å². The van der Waals surface area contributed by atoms with E-state index in [0.717, 1.165) is 18.7 Å². The summed E-state index contributed by atoms with van der Waals surface area (Å²) in [7, 11) is 1.52. The van der Waals surface area contributed by atoms with Crippen molar-refractivity contribution in [3.05, 3.63) is 28.3 Å². The molecule has 1 aromatic rings. The van der Waals surface area contributed by atoms with Gasteiger partial charge in [-0.25, -0.2) is 0 Å². The van der Waals surface area contributed by atoms with E-state index < -0.39 is 4.92 Å². The van der Waals surface area contributed by atoms with Crippen LogP contribution >= 0.6 is 0 Å². The monoisotopic (exact) mass is 264 g/mol. The van der Waals surface area contributed by atoms with Gasteiger partial charge in [0.05, 0.1) is 18.1 Å². The van der Waals surface area contributed by atoms with E-state index in [1.54, 1.807) is 12.1 Å². The van der Waals surface area contributed by atoms with Crippen LogP contribution in [-0.4, -0.2) is 18.6 Å². The Hall–Kier alpha value is -1.78. The number of nitrogens with one attached hydrogen (secondary N) is 1. The third kappa shape index (κ3) is 2.97. The lowest BCUT2D eigenvalue weighted by Crippen LogP contribution is -2.35. The van der Waals surface area contributed by atoms with Gasteiger partial charge in [0, 0.05) is 24.4 Å². The van der Waals surface area contributed by atoms with Crippen molar-refractivity contribution in [2.75, 3.05) is 19.0 Å². The number of hydrogen-bond donors (Lipinski definition) is 1. The quantitative estimate of drug-likeness (QED) is 0.630. The highest BCUT2D eigenvalue weighted by atomic mass is 16.6. The fourth-order valence-electron chi connectivity index (χ4n) is 2.53. The minimum atomic E-state index is -0.396. The summed E-state index contributed by atoms with van der Waals surface area (Å²) in [5.41, 5.74) is 1.18. The van der Waals surface area contributed by atoms with Crippen molar-refractivity contribution in [3.8, 4) is 5.75 Å². The molecule has 1 aliphatic carbocycles. The number of hydrogen-bond acceptors (Lipinski definition) is 4. The van der Waals surface area contributed by atoms with Crippen LogP contribution in [0, 0.1) is 15.5 Å². The molecule has 1 saturated carbocycles. The molecule has 0 unspecified atom stereocenters. The minimum absolute atomic E-state index is 0.0565. The zero-order valence-electron chi connectivity index (χ0n) is 11.4. The second kappa shape index (κ2) is 5.47. The molecule has 0 saturated heterocycles. The van der Waals surface area contributed by atoms with Crippen molar-refractivity contribution >= 4 is 11.4 Å². The van der Waals surface area contributed by atoms with Gasteiger partial charge in [0.1, 0.15) is 5.75 Å². The van der Waals surface area contributed by atoms with E-state index in [0.29, 0.717) is 11.2 Å². The molecule has 1 aliphatic rings. The molecular formula is C14H20N2O3. The lowest BCUT2D eigenvalue weighted by Gasteiger charge is -2.41. The zero-order chi connectivity index (χ0) is 13.9. The smallest absolute Gasteiger partial charge is 0.275 e. The van der Waals surface area contributed by atoms with Crippen LogP contribution in [0.3, 0.4) is 0 Å². The molecule has 5 heteroatoms. The molecule has 5 nitrogen and oxygen atoms in total. The lowest BCUT2D eigenvalue weighted by atomic mass is 9.67. The van der Waals surface area contributed by atoms with Gasteiger partial charge < -0.3 is 10.1 Å². The van der Waals surface area contributed by atoms with Gasteiger partial charge in [-0.2, -0.15) is 0 Å². The van der Waals surface area contributed by atoms with Gasteiger partial charge in [-0.3, -0.25) is 10.1 Å². The van der Waals surface area contributed by atoms with Crippen LogP contribution < -0.4 is 10.1 Å². The SMILES string of the molecule is CCC1(CNc2cc(OC)cc([N+](=O)[O-])c2)CCC1. The summed E-state index contributed by atoms with van der Waals surface area (Å²) in [4.78, 5) is 10.5. The van der Waals surface area contributed by atoms with Crippen molar-refractivity contribution < 1.29 is 9.66 Å². The number of ether oxygens (including phenoxy) is 1. The van der Waals surface area contributed by atoms with E-state index in [1.807, 2.05) is 0 Å². The third-order valence-corrected chi connectivity index (χ3v) is 4.17. The number of methoxy groups -OCH3 is 1. The largest absolute Gasteiger partial charge is 0.496 e. The molecule has 0 aliphatic heterocycles. The van der Waals surface area contributed by atoms with Crippen molar-refractivity contribution in [2.24, 2.45) is 5.41 Å². The van der Waals surface area contributed by atoms with Crippen molar-refractivity contribution in [3.63, 3.8) is 0 Å². The molecule has 0 bridgehead atoms. The highest BCUT2D eigenvalue weighted by Gasteiger charge is 2.34. The first kappa shape index (κ1) is 13.6. The van der Waals surface area contributed by atoms with Crippen molar-refractivity contribution in [1.82, 2.24) is 0 Å². The van der Waals surface area contributed by atoms with E-state index in [1.165, 1.54) is 32.4 Å². The lowest BCUT2D eigenvalue weighted by molar-refractivity contribution is -0.384. The fourth-order valence-corrected chi connectivity index (χ4v) is 2.53. The van der Waals surface area contributed by atoms with Crippen LogP contribution in [0.2, 0.25) is 0 Å². The van der Waals surface area contributed by atoms with Crippen molar-refractivity contribution in [1.29, 1.82) is 0 Å². The second-order valence-corrected chi connectivity index (χ2v) is 5.24. The van der Waals surface area contributed by atoms with Crippen LogP contribution in [0.15, 0.2) is 18.2 Å². The van der Waals surface area contributed by atoms with Crippen molar-refractivity contribution in [2.45, 2.75) is 32.6 Å². The highest BCUT2D eigenvalue weighted by Crippen LogP contribution is 2.43. The first-order valence-corrected chi connectivity index (χ1v) is 6.66. The minimum Gasteiger partial charge on any atom is -0.496 e. The number of nitro groups is 1. The Morgan fingerprint density at radius 1 is 1.42 bits per heavy atom. The number of rotatable bonds is 6. The predicted octanol–water partition coefficient (Wildman–Crippen LogP) is 3.60. The van der Waals surface area contributed by atoms with E-state index in [2.05, 4.69) is 12.2 Å². The molecule has 104 valence electrons. The summed E-state index contributed by atoms with van der Waals surface area (Å²) in [6.45, 7) is 3.07. The number of nitro benzene ring substituents is 1. The maximum absolute atomic E-state index is 10.9. The molecule has 0 atom stereocenters. The van der Waals surface area contributed by atoms with E-state index >= 15 is 0 Å². The molecule has 19 heavy (non-hydrogen) atoms. The molecule has 2 rings (SSSR count). The molecule has 1 N–H and O–H groups in total. The Kier molecular flexibility index (Phi) is 3.93. The first-order chi connectivity index (χ1) is 9.08. The van der Waals surface area contributed by atoms with E-state index in [9.17, 15) is 10.1 Å². The average molecular weight is 264 g/mol. The molecule has 0 amide bonds. The topological polar surface area (TPSA) is 64.4 Å². The summed E-state index contributed by atoms with van der Waals surface area (Å²) in [5, 5.41) is 14.2. The summed E-state index contributed by atoms with van der Waals surface area (Å²) in [5.74, 6) is 0.510. The predicted molar refractivity (Wildman–Crippen MR) is 74.7 cm³/mol. The highest BCUT2D eigenvalue weighted by molar-refractivity contribution is 5.56. The van der Waals surface area contributed by atoms with Gasteiger partial charge in [-0.15, -0.1) is 0 Å². The third-order valence-electron chi connectivity index (χ3n) is 4.17. The first-order valence-electron chi connectivity index (χ1n) is 6.66. The standard InChI is InChI=1S/C14H20N2O3/c1-3-14(5-4-6-14)10-15-11-7-12(16(17)18)9-13(8-11)19-2/h7-9,15H,3-6,10H2,1-2H3. The van der Waals surface area contributed by atoms with Crippen LogP contribution in [0.25, 0.3) is 0 Å². The number of benzene rings is 1. The summed E-state index contributed by atoms with van der Waals surface area (Å²) in [6, 6.07) is 4.80. The molecule has 0 radical (unpaired) electrons. The van der Waals surface area contributed by atoms with E-state index in [-0.39, 0.29) is 5.69 Å². The maximum Gasteiger partial charge on any atom is 0.275 e. The normalized spacial score (nSPS) is 16.5. The van der Waals surface area contributed by atoms with Gasteiger partial charge in [0.25, 0.3) is 5.69 Å². The fraction of sp³-hybridized carbons (Fsp3) is 0.571.